The van der Waals surface area contributed by atoms with E-state index in [1.54, 1.807) is 25.3 Å². The van der Waals surface area contributed by atoms with Crippen LogP contribution in [0.2, 0.25) is 5.02 Å². The lowest BCUT2D eigenvalue weighted by atomic mass is 10.1. The highest BCUT2D eigenvalue weighted by Gasteiger charge is 2.26. The van der Waals surface area contributed by atoms with Crippen LogP contribution < -0.4 is 9.47 Å². The van der Waals surface area contributed by atoms with Crippen LogP contribution in [0.5, 0.6) is 11.5 Å². The minimum absolute atomic E-state index is 0.169. The molecule has 8 heteroatoms. The van der Waals surface area contributed by atoms with Crippen LogP contribution in [0.15, 0.2) is 69.8 Å². The average molecular weight is 639 g/mol. The number of esters is 1. The van der Waals surface area contributed by atoms with Gasteiger partial charge in [-0.05, 0) is 93.0 Å². The Kier molecular flexibility index (Phi) is 7.41. The summed E-state index contributed by atoms with van der Waals surface area (Å²) in [6.45, 7) is 2.43. The van der Waals surface area contributed by atoms with Gasteiger partial charge in [-0.2, -0.15) is 0 Å². The van der Waals surface area contributed by atoms with E-state index >= 15 is 0 Å². The van der Waals surface area contributed by atoms with E-state index in [2.05, 4.69) is 49.6 Å². The van der Waals surface area contributed by atoms with Gasteiger partial charge in [0.1, 0.15) is 6.61 Å². The van der Waals surface area contributed by atoms with Crippen LogP contribution in [0.4, 0.5) is 0 Å². The van der Waals surface area contributed by atoms with Crippen molar-refractivity contribution in [2.75, 3.05) is 7.11 Å². The van der Waals surface area contributed by atoms with Gasteiger partial charge in [0, 0.05) is 3.57 Å². The molecule has 0 aliphatic carbocycles. The van der Waals surface area contributed by atoms with Crippen LogP contribution in [0.25, 0.3) is 6.08 Å². The Hall–Kier alpha value is -2.36. The van der Waals surface area contributed by atoms with Gasteiger partial charge in [-0.1, -0.05) is 41.4 Å². The van der Waals surface area contributed by atoms with Gasteiger partial charge in [0.2, 0.25) is 5.90 Å². The first kappa shape index (κ1) is 23.8. The Morgan fingerprint density at radius 3 is 2.76 bits per heavy atom. The maximum Gasteiger partial charge on any atom is 0.363 e. The van der Waals surface area contributed by atoms with Gasteiger partial charge in [-0.3, -0.25) is 0 Å². The molecule has 0 radical (unpaired) electrons. The standard InChI is InChI=1S/C25H18BrClINO4/c1-14-4-3-5-15(8-14)13-32-23-19(26)9-16(11-22(23)31-2)10-21-25(30)33-24(29-21)18-12-17(28)6-7-20(18)27/h3-12H,13H2,1-2H3/b21-10-. The zero-order valence-electron chi connectivity index (χ0n) is 17.7. The molecule has 168 valence electrons. The second-order valence-corrected chi connectivity index (χ2v) is 9.78. The van der Waals surface area contributed by atoms with Gasteiger partial charge in [-0.25, -0.2) is 9.79 Å². The fourth-order valence-corrected chi connectivity index (χ4v) is 4.53. The molecule has 1 aliphatic rings. The number of benzene rings is 3. The molecule has 1 heterocycles. The van der Waals surface area contributed by atoms with Gasteiger partial charge < -0.3 is 14.2 Å². The van der Waals surface area contributed by atoms with Crippen molar-refractivity contribution in [1.29, 1.82) is 0 Å². The summed E-state index contributed by atoms with van der Waals surface area (Å²) >= 11 is 12.0. The summed E-state index contributed by atoms with van der Waals surface area (Å²) in [6, 6.07) is 17.2. The average Bonchev–Trinajstić information content (AvgIpc) is 3.14. The van der Waals surface area contributed by atoms with Crippen molar-refractivity contribution in [1.82, 2.24) is 0 Å². The van der Waals surface area contributed by atoms with Gasteiger partial charge in [0.05, 0.1) is 22.2 Å². The summed E-state index contributed by atoms with van der Waals surface area (Å²) < 4.78 is 18.6. The number of hydrogen-bond acceptors (Lipinski definition) is 5. The molecule has 33 heavy (non-hydrogen) atoms. The minimum atomic E-state index is -0.546. The van der Waals surface area contributed by atoms with Crippen molar-refractivity contribution < 1.29 is 19.0 Å². The van der Waals surface area contributed by atoms with E-state index in [1.807, 2.05) is 43.3 Å². The SMILES string of the molecule is COc1cc(/C=C2\N=C(c3cc(I)ccc3Cl)OC2=O)cc(Br)c1OCc1cccc(C)c1. The van der Waals surface area contributed by atoms with E-state index in [-0.39, 0.29) is 11.6 Å². The molecule has 3 aromatic rings. The van der Waals surface area contributed by atoms with E-state index in [0.29, 0.717) is 38.7 Å². The molecular weight excluding hydrogens is 621 g/mol. The Morgan fingerprint density at radius 1 is 1.18 bits per heavy atom. The number of rotatable bonds is 6. The maximum atomic E-state index is 12.4. The van der Waals surface area contributed by atoms with E-state index in [4.69, 9.17) is 25.8 Å². The Morgan fingerprint density at radius 2 is 2.00 bits per heavy atom. The number of halogens is 3. The van der Waals surface area contributed by atoms with Crippen molar-refractivity contribution >= 4 is 68.1 Å². The highest BCUT2D eigenvalue weighted by molar-refractivity contribution is 14.1. The number of aryl methyl sites for hydroxylation is 1. The molecule has 0 saturated heterocycles. The fourth-order valence-electron chi connectivity index (χ4n) is 3.26. The van der Waals surface area contributed by atoms with E-state index in [1.165, 1.54) is 5.56 Å². The summed E-state index contributed by atoms with van der Waals surface area (Å²) in [7, 11) is 1.57. The van der Waals surface area contributed by atoms with Crippen LogP contribution >= 0.6 is 50.1 Å². The molecule has 0 spiro atoms. The molecule has 0 aromatic heterocycles. The summed E-state index contributed by atoms with van der Waals surface area (Å²) in [5, 5.41) is 0.461. The van der Waals surface area contributed by atoms with Gasteiger partial charge in [0.15, 0.2) is 17.2 Å². The van der Waals surface area contributed by atoms with Crippen molar-refractivity contribution in [3.05, 3.63) is 95.6 Å². The predicted molar refractivity (Wildman–Crippen MR) is 141 cm³/mol. The number of hydrogen-bond donors (Lipinski definition) is 0. The normalized spacial score (nSPS) is 14.3. The smallest absolute Gasteiger partial charge is 0.363 e. The highest BCUT2D eigenvalue weighted by Crippen LogP contribution is 2.38. The lowest BCUT2D eigenvalue weighted by Crippen LogP contribution is -2.06. The summed E-state index contributed by atoms with van der Waals surface area (Å²) in [4.78, 5) is 16.8. The molecule has 5 nitrogen and oxygen atoms in total. The second-order valence-electron chi connectivity index (χ2n) is 7.27. The summed E-state index contributed by atoms with van der Waals surface area (Å²) in [6.07, 6.45) is 1.63. The number of nitrogens with zero attached hydrogens (tertiary/aromatic N) is 1. The molecule has 3 aromatic carbocycles. The van der Waals surface area contributed by atoms with Gasteiger partial charge in [0.25, 0.3) is 0 Å². The van der Waals surface area contributed by atoms with Crippen LogP contribution in [0, 0.1) is 10.5 Å². The molecule has 0 N–H and O–H groups in total. The number of methoxy groups -OCH3 is 1. The number of ether oxygens (including phenoxy) is 3. The lowest BCUT2D eigenvalue weighted by molar-refractivity contribution is -0.129. The monoisotopic (exact) mass is 637 g/mol. The van der Waals surface area contributed by atoms with E-state index in [9.17, 15) is 4.79 Å². The number of aliphatic imine (C=N–C) groups is 1. The third-order valence-corrected chi connectivity index (χ3v) is 6.39. The molecular formula is C25H18BrClINO4. The lowest BCUT2D eigenvalue weighted by Gasteiger charge is -2.14. The quantitative estimate of drug-likeness (QED) is 0.167. The van der Waals surface area contributed by atoms with Crippen molar-refractivity contribution in [2.45, 2.75) is 13.5 Å². The minimum Gasteiger partial charge on any atom is -0.493 e. The first-order chi connectivity index (χ1) is 15.8. The van der Waals surface area contributed by atoms with Gasteiger partial charge in [-0.15, -0.1) is 0 Å². The van der Waals surface area contributed by atoms with Crippen molar-refractivity contribution in [3.63, 3.8) is 0 Å². The zero-order valence-corrected chi connectivity index (χ0v) is 22.2. The molecule has 0 bridgehead atoms. The van der Waals surface area contributed by atoms with Crippen molar-refractivity contribution in [2.24, 2.45) is 4.99 Å². The third kappa shape index (κ3) is 5.59. The van der Waals surface area contributed by atoms with Crippen LogP contribution in [-0.2, 0) is 16.1 Å². The van der Waals surface area contributed by atoms with Crippen LogP contribution in [0.3, 0.4) is 0 Å². The first-order valence-corrected chi connectivity index (χ1v) is 12.1. The summed E-state index contributed by atoms with van der Waals surface area (Å²) in [5.41, 5.74) is 3.66. The Labute approximate surface area is 218 Å². The fraction of sp³-hybridized carbons (Fsp3) is 0.120. The Bertz CT molecular complexity index is 1310. The first-order valence-electron chi connectivity index (χ1n) is 9.88. The molecule has 0 unspecified atom stereocenters. The number of carbonyl (C=O) groups is 1. The van der Waals surface area contributed by atoms with Crippen LogP contribution in [0.1, 0.15) is 22.3 Å². The topological polar surface area (TPSA) is 57.1 Å². The molecule has 0 saturated carbocycles. The maximum absolute atomic E-state index is 12.4. The number of carbonyl (C=O) groups excluding carboxylic acids is 1. The van der Waals surface area contributed by atoms with E-state index < -0.39 is 5.97 Å². The second kappa shape index (κ2) is 10.3. The molecule has 0 amide bonds. The predicted octanol–water partition coefficient (Wildman–Crippen LogP) is 6.95. The van der Waals surface area contributed by atoms with Crippen molar-refractivity contribution in [3.8, 4) is 11.5 Å². The van der Waals surface area contributed by atoms with Crippen LogP contribution in [-0.4, -0.2) is 19.0 Å². The molecule has 1 aliphatic heterocycles. The zero-order chi connectivity index (χ0) is 23.5. The van der Waals surface area contributed by atoms with E-state index in [0.717, 1.165) is 9.13 Å². The molecule has 0 fully saturated rings. The molecule has 0 atom stereocenters. The Balaban J connectivity index is 1.61. The largest absolute Gasteiger partial charge is 0.493 e. The summed E-state index contributed by atoms with van der Waals surface area (Å²) in [5.74, 6) is 0.735. The van der Waals surface area contributed by atoms with Gasteiger partial charge >= 0.3 is 5.97 Å². The molecule has 4 rings (SSSR count). The highest BCUT2D eigenvalue weighted by atomic mass is 127. The third-order valence-electron chi connectivity index (χ3n) is 4.80. The number of cyclic esters (lactones) is 1.